The number of anilines is 1. The Labute approximate surface area is 214 Å². The summed E-state index contributed by atoms with van der Waals surface area (Å²) in [6.07, 6.45) is 1.87. The Balaban J connectivity index is 1.20. The number of benzene rings is 3. The molecule has 8 nitrogen and oxygen atoms in total. The third kappa shape index (κ3) is 5.09. The first-order chi connectivity index (χ1) is 18.0. The number of carbonyl (C=O) groups excluding carboxylic acids is 4. The van der Waals surface area contributed by atoms with Crippen LogP contribution in [0.1, 0.15) is 51.1 Å². The van der Waals surface area contributed by atoms with E-state index in [9.17, 15) is 19.2 Å². The average Bonchev–Trinajstić information content (AvgIpc) is 3.76. The van der Waals surface area contributed by atoms with Crippen LogP contribution in [0.2, 0.25) is 0 Å². The summed E-state index contributed by atoms with van der Waals surface area (Å²) in [5, 5.41) is 2.79. The van der Waals surface area contributed by atoms with Gasteiger partial charge in [0, 0.05) is 46.9 Å². The molecule has 3 aromatic carbocycles. The SMILES string of the molecule is COc1ccccc1OCC(=O)N(CCC(=O)Nc1ccc2c(c1)C(=O)c1ccccc1C2=O)C1CC1. The molecule has 0 unspecified atom stereocenters. The first kappa shape index (κ1) is 24.2. The van der Waals surface area contributed by atoms with Crippen LogP contribution in [-0.2, 0) is 9.59 Å². The molecule has 2 aliphatic carbocycles. The van der Waals surface area contributed by atoms with Crippen molar-refractivity contribution in [2.24, 2.45) is 0 Å². The number of ether oxygens (including phenoxy) is 2. The fraction of sp³-hybridized carbons (Fsp3) is 0.241. The van der Waals surface area contributed by atoms with Crippen molar-refractivity contribution in [3.8, 4) is 11.5 Å². The van der Waals surface area contributed by atoms with Crippen LogP contribution >= 0.6 is 0 Å². The summed E-state index contributed by atoms with van der Waals surface area (Å²) in [4.78, 5) is 53.0. The standard InChI is InChI=1S/C29H26N2O6/c1-36-24-8-4-5-9-25(24)37-17-27(33)31(19-11-12-19)15-14-26(32)30-18-10-13-22-23(16-18)29(35)21-7-3-2-6-20(21)28(22)34/h2-10,13,16,19H,11-12,14-15,17H2,1H3,(H,30,32). The third-order valence-corrected chi connectivity index (χ3v) is 6.52. The molecule has 188 valence electrons. The van der Waals surface area contributed by atoms with Gasteiger partial charge in [-0.15, -0.1) is 0 Å². The zero-order valence-corrected chi connectivity index (χ0v) is 20.4. The summed E-state index contributed by atoms with van der Waals surface area (Å²) in [7, 11) is 1.54. The topological polar surface area (TPSA) is 102 Å². The van der Waals surface area contributed by atoms with E-state index >= 15 is 0 Å². The van der Waals surface area contributed by atoms with Crippen LogP contribution in [0.4, 0.5) is 5.69 Å². The normalized spacial score (nSPS) is 13.9. The second kappa shape index (κ2) is 10.3. The highest BCUT2D eigenvalue weighted by atomic mass is 16.5. The summed E-state index contributed by atoms with van der Waals surface area (Å²) in [5.41, 5.74) is 1.76. The van der Waals surface area contributed by atoms with Gasteiger partial charge in [-0.1, -0.05) is 36.4 Å². The van der Waals surface area contributed by atoms with Crippen LogP contribution in [0.15, 0.2) is 66.7 Å². The molecule has 5 rings (SSSR count). The molecule has 0 bridgehead atoms. The lowest BCUT2D eigenvalue weighted by atomic mass is 9.84. The number of methoxy groups -OCH3 is 1. The van der Waals surface area contributed by atoms with E-state index in [1.165, 1.54) is 13.2 Å². The number of rotatable bonds is 9. The molecule has 2 aliphatic rings. The van der Waals surface area contributed by atoms with Gasteiger partial charge >= 0.3 is 0 Å². The van der Waals surface area contributed by atoms with E-state index in [1.54, 1.807) is 59.5 Å². The van der Waals surface area contributed by atoms with Gasteiger partial charge in [0.15, 0.2) is 29.7 Å². The van der Waals surface area contributed by atoms with Crippen LogP contribution in [0, 0.1) is 0 Å². The third-order valence-electron chi connectivity index (χ3n) is 6.52. The van der Waals surface area contributed by atoms with Crippen molar-refractivity contribution in [2.45, 2.75) is 25.3 Å². The Bertz CT molecular complexity index is 1390. The molecule has 2 amide bonds. The number of ketones is 2. The quantitative estimate of drug-likeness (QED) is 0.376. The summed E-state index contributed by atoms with van der Waals surface area (Å²) < 4.78 is 10.9. The molecule has 0 spiro atoms. The number of hydrogen-bond donors (Lipinski definition) is 1. The number of hydrogen-bond acceptors (Lipinski definition) is 6. The Morgan fingerprint density at radius 1 is 0.865 bits per heavy atom. The van der Waals surface area contributed by atoms with Gasteiger partial charge in [-0.05, 0) is 43.2 Å². The van der Waals surface area contributed by atoms with Crippen LogP contribution in [0.25, 0.3) is 0 Å². The van der Waals surface area contributed by atoms with Crippen LogP contribution in [-0.4, -0.2) is 54.6 Å². The molecular formula is C29H26N2O6. The Morgan fingerprint density at radius 3 is 2.16 bits per heavy atom. The highest BCUT2D eigenvalue weighted by Gasteiger charge is 2.33. The van der Waals surface area contributed by atoms with Crippen molar-refractivity contribution in [3.05, 3.63) is 89.0 Å². The molecule has 37 heavy (non-hydrogen) atoms. The Kier molecular flexibility index (Phi) is 6.72. The number of amides is 2. The minimum Gasteiger partial charge on any atom is -0.493 e. The second-order valence-corrected chi connectivity index (χ2v) is 9.02. The maximum Gasteiger partial charge on any atom is 0.260 e. The predicted octanol–water partition coefficient (Wildman–Crippen LogP) is 3.87. The molecule has 0 atom stereocenters. The monoisotopic (exact) mass is 498 g/mol. The molecule has 0 aliphatic heterocycles. The minimum absolute atomic E-state index is 0.0870. The first-order valence-corrected chi connectivity index (χ1v) is 12.1. The van der Waals surface area contributed by atoms with Gasteiger partial charge in [0.1, 0.15) is 0 Å². The number of nitrogens with one attached hydrogen (secondary N) is 1. The fourth-order valence-electron chi connectivity index (χ4n) is 4.48. The van der Waals surface area contributed by atoms with Crippen molar-refractivity contribution in [1.82, 2.24) is 4.90 Å². The van der Waals surface area contributed by atoms with E-state index in [0.717, 1.165) is 12.8 Å². The number of nitrogens with zero attached hydrogens (tertiary/aromatic N) is 1. The largest absolute Gasteiger partial charge is 0.493 e. The van der Waals surface area contributed by atoms with E-state index < -0.39 is 0 Å². The Morgan fingerprint density at radius 2 is 1.49 bits per heavy atom. The van der Waals surface area contributed by atoms with E-state index in [0.29, 0.717) is 33.9 Å². The maximum atomic E-state index is 12.9. The van der Waals surface area contributed by atoms with Crippen LogP contribution in [0.5, 0.6) is 11.5 Å². The molecular weight excluding hydrogens is 472 g/mol. The number of fused-ring (bicyclic) bond motifs is 2. The average molecular weight is 499 g/mol. The number of para-hydroxylation sites is 2. The fourth-order valence-corrected chi connectivity index (χ4v) is 4.48. The highest BCUT2D eigenvalue weighted by molar-refractivity contribution is 6.28. The van der Waals surface area contributed by atoms with Crippen molar-refractivity contribution < 1.29 is 28.7 Å². The lowest BCUT2D eigenvalue weighted by Crippen LogP contribution is -2.38. The summed E-state index contributed by atoms with van der Waals surface area (Å²) in [6.45, 7) is 0.0985. The summed E-state index contributed by atoms with van der Waals surface area (Å²) in [6, 6.07) is 18.6. The van der Waals surface area contributed by atoms with Gasteiger partial charge in [-0.2, -0.15) is 0 Å². The predicted molar refractivity (Wildman–Crippen MR) is 136 cm³/mol. The van der Waals surface area contributed by atoms with E-state index in [4.69, 9.17) is 9.47 Å². The maximum absolute atomic E-state index is 12.9. The lowest BCUT2D eigenvalue weighted by Gasteiger charge is -2.23. The molecule has 0 radical (unpaired) electrons. The molecule has 1 N–H and O–H groups in total. The smallest absolute Gasteiger partial charge is 0.260 e. The molecule has 1 fully saturated rings. The van der Waals surface area contributed by atoms with Crippen molar-refractivity contribution in [3.63, 3.8) is 0 Å². The molecule has 1 saturated carbocycles. The molecule has 0 aromatic heterocycles. The number of carbonyl (C=O) groups is 4. The molecule has 3 aromatic rings. The van der Waals surface area contributed by atoms with Gasteiger partial charge in [-0.25, -0.2) is 0 Å². The minimum atomic E-state index is -0.293. The highest BCUT2D eigenvalue weighted by Crippen LogP contribution is 2.30. The van der Waals surface area contributed by atoms with Crippen molar-refractivity contribution in [1.29, 1.82) is 0 Å². The van der Waals surface area contributed by atoms with Gasteiger partial charge in [0.25, 0.3) is 5.91 Å². The van der Waals surface area contributed by atoms with Gasteiger partial charge in [0.2, 0.25) is 5.91 Å². The molecule has 0 saturated heterocycles. The van der Waals surface area contributed by atoms with Crippen LogP contribution in [0.3, 0.4) is 0 Å². The van der Waals surface area contributed by atoms with Gasteiger partial charge in [0.05, 0.1) is 7.11 Å². The second-order valence-electron chi connectivity index (χ2n) is 9.02. The summed E-state index contributed by atoms with van der Waals surface area (Å²) >= 11 is 0. The molecule has 0 heterocycles. The van der Waals surface area contributed by atoms with Crippen molar-refractivity contribution >= 4 is 29.1 Å². The van der Waals surface area contributed by atoms with Gasteiger partial charge in [-0.3, -0.25) is 19.2 Å². The van der Waals surface area contributed by atoms with Gasteiger partial charge < -0.3 is 19.7 Å². The van der Waals surface area contributed by atoms with E-state index in [-0.39, 0.29) is 54.6 Å². The first-order valence-electron chi connectivity index (χ1n) is 12.1. The van der Waals surface area contributed by atoms with E-state index in [1.807, 2.05) is 6.07 Å². The van der Waals surface area contributed by atoms with Crippen LogP contribution < -0.4 is 14.8 Å². The lowest BCUT2D eigenvalue weighted by molar-refractivity contribution is -0.134. The van der Waals surface area contributed by atoms with Crippen molar-refractivity contribution in [2.75, 3.05) is 25.6 Å². The van der Waals surface area contributed by atoms with E-state index in [2.05, 4.69) is 5.32 Å². The zero-order chi connectivity index (χ0) is 25.9. The molecule has 8 heteroatoms. The Hall–Kier alpha value is -4.46. The summed E-state index contributed by atoms with van der Waals surface area (Å²) in [5.74, 6) is 0.0759. The zero-order valence-electron chi connectivity index (χ0n) is 20.4.